The first-order valence-corrected chi connectivity index (χ1v) is 6.72. The van der Waals surface area contributed by atoms with Crippen molar-refractivity contribution in [1.29, 1.82) is 0 Å². The van der Waals surface area contributed by atoms with E-state index >= 15 is 0 Å². The Labute approximate surface area is 132 Å². The van der Waals surface area contributed by atoms with E-state index in [0.717, 1.165) is 4.90 Å². The van der Waals surface area contributed by atoms with Gasteiger partial charge in [-0.2, -0.15) is 0 Å². The zero-order valence-corrected chi connectivity index (χ0v) is 12.9. The van der Waals surface area contributed by atoms with Gasteiger partial charge in [-0.25, -0.2) is 4.79 Å². The second-order valence-electron chi connectivity index (χ2n) is 5.45. The van der Waals surface area contributed by atoms with E-state index in [1.807, 2.05) is 0 Å². The van der Waals surface area contributed by atoms with Crippen molar-refractivity contribution < 1.29 is 29.0 Å². The molecule has 0 spiro atoms. The van der Waals surface area contributed by atoms with Crippen LogP contribution in [0.25, 0.3) is 0 Å². The average Bonchev–Trinajstić information content (AvgIpc) is 2.71. The lowest BCUT2D eigenvalue weighted by atomic mass is 10.0. The lowest BCUT2D eigenvalue weighted by Crippen LogP contribution is -2.55. The fraction of sp³-hybridized carbons (Fsp3) is 0.333. The largest absolute Gasteiger partial charge is 0.479 e. The molecule has 0 aromatic heterocycles. The third-order valence-corrected chi connectivity index (χ3v) is 3.65. The number of rotatable bonds is 5. The number of carboxylic acids is 1. The molecule has 2 N–H and O–H groups in total. The maximum absolute atomic E-state index is 12.3. The Balaban J connectivity index is 2.30. The van der Waals surface area contributed by atoms with Gasteiger partial charge in [0.15, 0.2) is 5.54 Å². The summed E-state index contributed by atoms with van der Waals surface area (Å²) in [7, 11) is 2.67. The van der Waals surface area contributed by atoms with Crippen LogP contribution in [0.3, 0.4) is 0 Å². The van der Waals surface area contributed by atoms with Crippen molar-refractivity contribution in [1.82, 2.24) is 10.2 Å². The van der Waals surface area contributed by atoms with Gasteiger partial charge >= 0.3 is 5.97 Å². The van der Waals surface area contributed by atoms with Crippen LogP contribution in [0, 0.1) is 0 Å². The molecule has 1 heterocycles. The van der Waals surface area contributed by atoms with Crippen LogP contribution in [0.2, 0.25) is 0 Å². The Morgan fingerprint density at radius 1 is 1.26 bits per heavy atom. The molecule has 0 fully saturated rings. The van der Waals surface area contributed by atoms with Crippen molar-refractivity contribution in [3.63, 3.8) is 0 Å². The minimum absolute atomic E-state index is 0.0868. The molecule has 1 aliphatic heterocycles. The van der Waals surface area contributed by atoms with E-state index in [1.54, 1.807) is 0 Å². The number of carbonyl (C=O) groups is 4. The van der Waals surface area contributed by atoms with Gasteiger partial charge in [0.2, 0.25) is 0 Å². The summed E-state index contributed by atoms with van der Waals surface area (Å²) < 4.78 is 4.82. The molecule has 2 rings (SSSR count). The quantitative estimate of drug-likeness (QED) is 0.746. The Kier molecular flexibility index (Phi) is 4.20. The molecule has 3 amide bonds. The lowest BCUT2D eigenvalue weighted by molar-refractivity contribution is -0.145. The maximum atomic E-state index is 12.3. The van der Waals surface area contributed by atoms with Crippen molar-refractivity contribution in [2.45, 2.75) is 12.5 Å². The molecule has 0 aliphatic carbocycles. The number of aliphatic carboxylic acids is 1. The number of methoxy groups -OCH3 is 1. The first kappa shape index (κ1) is 16.6. The van der Waals surface area contributed by atoms with Gasteiger partial charge in [-0.15, -0.1) is 0 Å². The van der Waals surface area contributed by atoms with E-state index in [4.69, 9.17) is 4.74 Å². The standard InChI is InChI=1S/C15H16N2O6/c1-15(7-23-3,14(21)22)16-11(18)8-4-5-9-10(6-8)13(20)17(2)12(9)19/h4-6H,7H2,1-3H3,(H,16,18)(H,21,22). The number of ether oxygens (including phenoxy) is 1. The van der Waals surface area contributed by atoms with E-state index in [0.29, 0.717) is 0 Å². The van der Waals surface area contributed by atoms with Gasteiger partial charge in [-0.3, -0.25) is 19.3 Å². The van der Waals surface area contributed by atoms with Crippen LogP contribution in [-0.4, -0.2) is 60.0 Å². The highest BCUT2D eigenvalue weighted by Gasteiger charge is 2.37. The summed E-state index contributed by atoms with van der Waals surface area (Å²) in [6, 6.07) is 4.03. The molecule has 1 aromatic carbocycles. The normalized spacial score (nSPS) is 16.0. The van der Waals surface area contributed by atoms with Crippen LogP contribution in [0.5, 0.6) is 0 Å². The molecule has 8 nitrogen and oxygen atoms in total. The Hall–Kier alpha value is -2.74. The van der Waals surface area contributed by atoms with Crippen molar-refractivity contribution in [2.75, 3.05) is 20.8 Å². The van der Waals surface area contributed by atoms with Crippen LogP contribution >= 0.6 is 0 Å². The monoisotopic (exact) mass is 320 g/mol. The topological polar surface area (TPSA) is 113 Å². The highest BCUT2D eigenvalue weighted by Crippen LogP contribution is 2.23. The molecule has 1 aliphatic rings. The molecule has 23 heavy (non-hydrogen) atoms. The summed E-state index contributed by atoms with van der Waals surface area (Å²) in [5.74, 6) is -2.87. The Morgan fingerprint density at radius 3 is 2.43 bits per heavy atom. The second kappa shape index (κ2) is 5.81. The number of benzene rings is 1. The molecule has 122 valence electrons. The van der Waals surface area contributed by atoms with E-state index in [-0.39, 0.29) is 23.3 Å². The minimum Gasteiger partial charge on any atom is -0.479 e. The number of fused-ring (bicyclic) bond motifs is 1. The average molecular weight is 320 g/mol. The number of hydrogen-bond acceptors (Lipinski definition) is 5. The summed E-state index contributed by atoms with van der Waals surface area (Å²) in [6.45, 7) is 1.09. The van der Waals surface area contributed by atoms with E-state index in [9.17, 15) is 24.3 Å². The van der Waals surface area contributed by atoms with E-state index in [1.165, 1.54) is 39.3 Å². The van der Waals surface area contributed by atoms with Gasteiger partial charge in [0.1, 0.15) is 0 Å². The molecule has 0 saturated carbocycles. The van der Waals surface area contributed by atoms with Crippen LogP contribution in [0.4, 0.5) is 0 Å². The second-order valence-corrected chi connectivity index (χ2v) is 5.45. The summed E-state index contributed by atoms with van der Waals surface area (Å²) in [6.07, 6.45) is 0. The maximum Gasteiger partial charge on any atom is 0.331 e. The highest BCUT2D eigenvalue weighted by molar-refractivity contribution is 6.21. The number of carboxylic acid groups (broad SMARTS) is 1. The first-order valence-electron chi connectivity index (χ1n) is 6.72. The van der Waals surface area contributed by atoms with Crippen LogP contribution in [-0.2, 0) is 9.53 Å². The zero-order valence-electron chi connectivity index (χ0n) is 12.9. The molecule has 8 heteroatoms. The van der Waals surface area contributed by atoms with Crippen LogP contribution < -0.4 is 5.32 Å². The molecule has 1 atom stereocenters. The van der Waals surface area contributed by atoms with E-state index in [2.05, 4.69) is 5.32 Å². The predicted octanol–water partition coefficient (Wildman–Crippen LogP) is 0.132. The SMILES string of the molecule is COCC(C)(NC(=O)c1ccc2c(c1)C(=O)N(C)C2=O)C(=O)O. The fourth-order valence-electron chi connectivity index (χ4n) is 2.27. The van der Waals surface area contributed by atoms with Crippen molar-refractivity contribution in [3.05, 3.63) is 34.9 Å². The number of hydrogen-bond donors (Lipinski definition) is 2. The number of carbonyl (C=O) groups excluding carboxylic acids is 3. The molecule has 1 aromatic rings. The predicted molar refractivity (Wildman–Crippen MR) is 78.2 cm³/mol. The van der Waals surface area contributed by atoms with Crippen LogP contribution in [0.1, 0.15) is 38.0 Å². The van der Waals surface area contributed by atoms with E-state index < -0.39 is 29.2 Å². The first-order chi connectivity index (χ1) is 10.7. The lowest BCUT2D eigenvalue weighted by Gasteiger charge is -2.25. The third-order valence-electron chi connectivity index (χ3n) is 3.65. The number of nitrogens with one attached hydrogen (secondary N) is 1. The van der Waals surface area contributed by atoms with Crippen molar-refractivity contribution >= 4 is 23.7 Å². The van der Waals surface area contributed by atoms with Gasteiger partial charge in [-0.1, -0.05) is 0 Å². The van der Waals surface area contributed by atoms with Crippen molar-refractivity contribution in [3.8, 4) is 0 Å². The van der Waals surface area contributed by atoms with Crippen molar-refractivity contribution in [2.24, 2.45) is 0 Å². The molecule has 1 unspecified atom stereocenters. The Bertz CT molecular complexity index is 714. The van der Waals surface area contributed by atoms with Crippen LogP contribution in [0.15, 0.2) is 18.2 Å². The molecular formula is C15H16N2O6. The number of amides is 3. The highest BCUT2D eigenvalue weighted by atomic mass is 16.5. The smallest absolute Gasteiger partial charge is 0.331 e. The van der Waals surface area contributed by atoms with Gasteiger partial charge in [-0.05, 0) is 25.1 Å². The summed E-state index contributed by atoms with van der Waals surface area (Å²) in [5.41, 5.74) is -1.19. The van der Waals surface area contributed by atoms with Gasteiger partial charge in [0, 0.05) is 19.7 Å². The molecule has 0 bridgehead atoms. The molecular weight excluding hydrogens is 304 g/mol. The fourth-order valence-corrected chi connectivity index (χ4v) is 2.27. The summed E-state index contributed by atoms with van der Waals surface area (Å²) in [5, 5.41) is 11.6. The number of imide groups is 1. The molecule has 0 saturated heterocycles. The minimum atomic E-state index is -1.61. The number of nitrogens with zero attached hydrogens (tertiary/aromatic N) is 1. The third kappa shape index (κ3) is 2.80. The van der Waals surface area contributed by atoms with Gasteiger partial charge in [0.25, 0.3) is 17.7 Å². The zero-order chi connectivity index (χ0) is 17.4. The Morgan fingerprint density at radius 2 is 1.87 bits per heavy atom. The summed E-state index contributed by atoms with van der Waals surface area (Å²) >= 11 is 0. The molecule has 0 radical (unpaired) electrons. The van der Waals surface area contributed by atoms with Gasteiger partial charge < -0.3 is 15.2 Å². The summed E-state index contributed by atoms with van der Waals surface area (Å²) in [4.78, 5) is 48.3. The van der Waals surface area contributed by atoms with Gasteiger partial charge in [0.05, 0.1) is 17.7 Å².